The summed E-state index contributed by atoms with van der Waals surface area (Å²) in [7, 11) is 5.33. The van der Waals surface area contributed by atoms with Gasteiger partial charge in [0.1, 0.15) is 17.0 Å². The van der Waals surface area contributed by atoms with E-state index in [1.54, 1.807) is 14.2 Å². The Morgan fingerprint density at radius 3 is 2.83 bits per heavy atom. The molecular weight excluding hydrogens is 292 g/mol. The molecule has 5 nitrogen and oxygen atoms in total. The monoisotopic (exact) mass is 316 g/mol. The van der Waals surface area contributed by atoms with Crippen molar-refractivity contribution in [3.05, 3.63) is 23.8 Å². The molecule has 0 unspecified atom stereocenters. The lowest BCUT2D eigenvalue weighted by atomic mass is 9.85. The molecule has 4 rings (SSSR count). The third-order valence-corrected chi connectivity index (χ3v) is 6.04. The maximum atomic E-state index is 12.9. The van der Waals surface area contributed by atoms with Crippen LogP contribution in [-0.4, -0.2) is 55.6 Å². The van der Waals surface area contributed by atoms with E-state index >= 15 is 0 Å². The van der Waals surface area contributed by atoms with Crippen LogP contribution >= 0.6 is 0 Å². The van der Waals surface area contributed by atoms with Crippen molar-refractivity contribution in [1.82, 2.24) is 9.80 Å². The van der Waals surface area contributed by atoms with Gasteiger partial charge in [0.2, 0.25) is 5.91 Å². The minimum Gasteiger partial charge on any atom is -0.497 e. The predicted molar refractivity (Wildman–Crippen MR) is 86.7 cm³/mol. The third-order valence-electron chi connectivity index (χ3n) is 6.04. The summed E-state index contributed by atoms with van der Waals surface area (Å²) in [5.74, 6) is 2.46. The van der Waals surface area contributed by atoms with Crippen LogP contribution in [0.15, 0.2) is 18.2 Å². The SMILES string of the molecule is COc1ccc(OC)c([C@@H]2C[C@H]3CN(C)C(=O)[C@]34CCCN24)c1. The third kappa shape index (κ3) is 1.86. The Morgan fingerprint density at radius 2 is 2.09 bits per heavy atom. The quantitative estimate of drug-likeness (QED) is 0.856. The summed E-state index contributed by atoms with van der Waals surface area (Å²) in [5.41, 5.74) is 0.881. The number of rotatable bonds is 3. The molecule has 3 aliphatic heterocycles. The number of ether oxygens (including phenoxy) is 2. The van der Waals surface area contributed by atoms with Gasteiger partial charge in [-0.05, 0) is 44.0 Å². The molecule has 3 heterocycles. The van der Waals surface area contributed by atoms with Crippen LogP contribution in [0, 0.1) is 5.92 Å². The molecule has 0 N–H and O–H groups in total. The highest BCUT2D eigenvalue weighted by Crippen LogP contribution is 2.56. The van der Waals surface area contributed by atoms with E-state index in [2.05, 4.69) is 11.0 Å². The maximum Gasteiger partial charge on any atom is 0.243 e. The van der Waals surface area contributed by atoms with Gasteiger partial charge in [0.15, 0.2) is 0 Å². The molecule has 0 aliphatic carbocycles. The Balaban J connectivity index is 1.77. The van der Waals surface area contributed by atoms with E-state index in [1.165, 1.54) is 0 Å². The smallest absolute Gasteiger partial charge is 0.243 e. The number of carbonyl (C=O) groups is 1. The van der Waals surface area contributed by atoms with Crippen molar-refractivity contribution in [2.75, 3.05) is 34.4 Å². The Bertz CT molecular complexity index is 647. The molecule has 23 heavy (non-hydrogen) atoms. The molecular formula is C18H24N2O3. The normalized spacial score (nSPS) is 33.0. The number of hydrogen-bond donors (Lipinski definition) is 0. The first-order chi connectivity index (χ1) is 11.1. The van der Waals surface area contributed by atoms with Crippen LogP contribution in [0.4, 0.5) is 0 Å². The van der Waals surface area contributed by atoms with Crippen molar-refractivity contribution in [3.8, 4) is 11.5 Å². The summed E-state index contributed by atoms with van der Waals surface area (Å²) < 4.78 is 11.0. The molecule has 1 aromatic carbocycles. The van der Waals surface area contributed by atoms with Gasteiger partial charge in [-0.15, -0.1) is 0 Å². The molecule has 3 atom stereocenters. The number of likely N-dealkylation sites (tertiary alicyclic amines) is 1. The van der Waals surface area contributed by atoms with E-state index in [1.807, 2.05) is 24.1 Å². The molecule has 0 saturated carbocycles. The zero-order chi connectivity index (χ0) is 16.2. The highest BCUT2D eigenvalue weighted by Gasteiger charge is 2.64. The van der Waals surface area contributed by atoms with Crippen molar-refractivity contribution in [2.24, 2.45) is 5.92 Å². The fourth-order valence-corrected chi connectivity index (χ4v) is 5.09. The Morgan fingerprint density at radius 1 is 1.26 bits per heavy atom. The highest BCUT2D eigenvalue weighted by molar-refractivity contribution is 5.90. The van der Waals surface area contributed by atoms with Gasteiger partial charge in [0, 0.05) is 31.1 Å². The Hall–Kier alpha value is -1.75. The summed E-state index contributed by atoms with van der Waals surface area (Å²) in [5, 5.41) is 0. The van der Waals surface area contributed by atoms with Crippen LogP contribution in [0.2, 0.25) is 0 Å². The largest absolute Gasteiger partial charge is 0.497 e. The van der Waals surface area contributed by atoms with Gasteiger partial charge >= 0.3 is 0 Å². The molecule has 0 bridgehead atoms. The fourth-order valence-electron chi connectivity index (χ4n) is 5.09. The second kappa shape index (κ2) is 5.13. The van der Waals surface area contributed by atoms with Crippen LogP contribution in [0.25, 0.3) is 0 Å². The minimum atomic E-state index is -0.270. The second-order valence-electron chi connectivity index (χ2n) is 6.96. The van der Waals surface area contributed by atoms with Gasteiger partial charge in [-0.3, -0.25) is 9.69 Å². The molecule has 3 aliphatic rings. The molecule has 1 aromatic rings. The second-order valence-corrected chi connectivity index (χ2v) is 6.96. The van der Waals surface area contributed by atoms with Crippen molar-refractivity contribution >= 4 is 5.91 Å². The number of carbonyl (C=O) groups excluding carboxylic acids is 1. The topological polar surface area (TPSA) is 42.0 Å². The van der Waals surface area contributed by atoms with Crippen LogP contribution in [0.5, 0.6) is 11.5 Å². The van der Waals surface area contributed by atoms with Gasteiger partial charge in [-0.2, -0.15) is 0 Å². The van der Waals surface area contributed by atoms with E-state index in [4.69, 9.17) is 9.47 Å². The number of likely N-dealkylation sites (N-methyl/N-ethyl adjacent to an activating group) is 1. The lowest BCUT2D eigenvalue weighted by Crippen LogP contribution is -2.49. The van der Waals surface area contributed by atoms with Gasteiger partial charge in [0.05, 0.1) is 14.2 Å². The number of nitrogens with zero attached hydrogens (tertiary/aromatic N) is 2. The number of hydrogen-bond acceptors (Lipinski definition) is 4. The molecule has 0 radical (unpaired) electrons. The van der Waals surface area contributed by atoms with Crippen molar-refractivity contribution in [1.29, 1.82) is 0 Å². The standard InChI is InChI=1S/C18H24N2O3/c1-19-11-12-9-15(20-8-4-7-18(12,20)17(19)21)14-10-13(22-2)5-6-16(14)23-3/h5-6,10,12,15H,4,7-9,11H2,1-3H3/t12-,15-,18-/m0/s1. The van der Waals surface area contributed by atoms with E-state index in [-0.39, 0.29) is 11.6 Å². The van der Waals surface area contributed by atoms with E-state index in [0.717, 1.165) is 49.4 Å². The molecule has 1 amide bonds. The molecule has 3 saturated heterocycles. The average Bonchev–Trinajstić information content (AvgIpc) is 3.19. The van der Waals surface area contributed by atoms with Crippen LogP contribution < -0.4 is 9.47 Å². The minimum absolute atomic E-state index is 0.241. The van der Waals surface area contributed by atoms with Crippen molar-refractivity contribution in [2.45, 2.75) is 30.8 Å². The number of methoxy groups -OCH3 is 2. The Labute approximate surface area is 137 Å². The van der Waals surface area contributed by atoms with Gasteiger partial charge < -0.3 is 14.4 Å². The summed E-state index contributed by atoms with van der Waals surface area (Å²) in [4.78, 5) is 17.2. The average molecular weight is 316 g/mol. The summed E-state index contributed by atoms with van der Waals surface area (Å²) in [6.45, 7) is 1.86. The summed E-state index contributed by atoms with van der Waals surface area (Å²) in [6, 6.07) is 6.21. The molecule has 5 heteroatoms. The highest BCUT2D eigenvalue weighted by atomic mass is 16.5. The van der Waals surface area contributed by atoms with Gasteiger partial charge in [-0.25, -0.2) is 0 Å². The Kier molecular flexibility index (Phi) is 3.30. The molecule has 124 valence electrons. The van der Waals surface area contributed by atoms with E-state index in [9.17, 15) is 4.79 Å². The molecule has 0 aromatic heterocycles. The fraction of sp³-hybridized carbons (Fsp3) is 0.611. The zero-order valence-electron chi connectivity index (χ0n) is 14.0. The lowest BCUT2D eigenvalue weighted by molar-refractivity contribution is -0.135. The van der Waals surface area contributed by atoms with Crippen LogP contribution in [0.1, 0.15) is 30.9 Å². The summed E-state index contributed by atoms with van der Waals surface area (Å²) in [6.07, 6.45) is 3.10. The summed E-state index contributed by atoms with van der Waals surface area (Å²) >= 11 is 0. The van der Waals surface area contributed by atoms with Crippen molar-refractivity contribution in [3.63, 3.8) is 0 Å². The first-order valence-corrected chi connectivity index (χ1v) is 8.36. The van der Waals surface area contributed by atoms with E-state index < -0.39 is 0 Å². The predicted octanol–water partition coefficient (Wildman–Crippen LogP) is 2.07. The zero-order valence-corrected chi connectivity index (χ0v) is 14.0. The lowest BCUT2D eigenvalue weighted by Gasteiger charge is -2.33. The maximum absolute atomic E-state index is 12.9. The first kappa shape index (κ1) is 14.8. The molecule has 1 spiro atoms. The molecule has 3 fully saturated rings. The number of benzene rings is 1. The van der Waals surface area contributed by atoms with Gasteiger partial charge in [0.25, 0.3) is 0 Å². The van der Waals surface area contributed by atoms with Crippen LogP contribution in [-0.2, 0) is 4.79 Å². The van der Waals surface area contributed by atoms with Crippen LogP contribution in [0.3, 0.4) is 0 Å². The van der Waals surface area contributed by atoms with Crippen molar-refractivity contribution < 1.29 is 14.3 Å². The van der Waals surface area contributed by atoms with Gasteiger partial charge in [-0.1, -0.05) is 0 Å². The number of amides is 1. The first-order valence-electron chi connectivity index (χ1n) is 8.36. The van der Waals surface area contributed by atoms with E-state index in [0.29, 0.717) is 11.8 Å².